The van der Waals surface area contributed by atoms with Crippen molar-refractivity contribution >= 4 is 11.6 Å². The van der Waals surface area contributed by atoms with E-state index in [1.54, 1.807) is 14.2 Å². The second-order valence-corrected chi connectivity index (χ2v) is 3.99. The molecule has 0 aliphatic rings. The predicted molar refractivity (Wildman–Crippen MR) is 73.3 cm³/mol. The summed E-state index contributed by atoms with van der Waals surface area (Å²) in [5.74, 6) is -0.166. The number of rotatable bonds is 9. The molecule has 5 heteroatoms. The molecule has 19 heavy (non-hydrogen) atoms. The van der Waals surface area contributed by atoms with Crippen molar-refractivity contribution in [2.75, 3.05) is 46.0 Å². The molecule has 106 valence electrons. The van der Waals surface area contributed by atoms with E-state index in [-0.39, 0.29) is 12.5 Å². The van der Waals surface area contributed by atoms with Gasteiger partial charge in [0, 0.05) is 19.9 Å². The van der Waals surface area contributed by atoms with E-state index in [1.165, 1.54) is 0 Å². The average Bonchev–Trinajstić information content (AvgIpc) is 2.43. The lowest BCUT2D eigenvalue weighted by Crippen LogP contribution is -2.20. The Kier molecular flexibility index (Phi) is 7.81. The summed E-state index contributed by atoms with van der Waals surface area (Å²) in [6.45, 7) is 1.55. The van der Waals surface area contributed by atoms with Crippen LogP contribution in [0.5, 0.6) is 0 Å². The number of para-hydroxylation sites is 1. The Balaban J connectivity index is 2.44. The Morgan fingerprint density at radius 2 is 1.84 bits per heavy atom. The van der Waals surface area contributed by atoms with Gasteiger partial charge < -0.3 is 19.5 Å². The van der Waals surface area contributed by atoms with Gasteiger partial charge >= 0.3 is 0 Å². The summed E-state index contributed by atoms with van der Waals surface area (Å²) in [5.41, 5.74) is 1.86. The third-order valence-corrected chi connectivity index (χ3v) is 2.53. The van der Waals surface area contributed by atoms with Crippen molar-refractivity contribution in [1.29, 1.82) is 0 Å². The van der Waals surface area contributed by atoms with Gasteiger partial charge in [-0.2, -0.15) is 0 Å². The van der Waals surface area contributed by atoms with Gasteiger partial charge in [0.25, 0.3) is 0 Å². The number of benzene rings is 1. The molecule has 1 rings (SSSR count). The highest BCUT2D eigenvalue weighted by Crippen LogP contribution is 2.15. The largest absolute Gasteiger partial charge is 0.384 e. The van der Waals surface area contributed by atoms with Gasteiger partial charge in [-0.25, -0.2) is 0 Å². The summed E-state index contributed by atoms with van der Waals surface area (Å²) < 4.78 is 15.0. The van der Waals surface area contributed by atoms with Crippen LogP contribution in [0.4, 0.5) is 5.69 Å². The Morgan fingerprint density at radius 3 is 2.58 bits per heavy atom. The molecule has 0 spiro atoms. The highest BCUT2D eigenvalue weighted by Gasteiger charge is 2.06. The number of anilines is 1. The molecule has 1 aromatic carbocycles. The normalized spacial score (nSPS) is 10.4. The summed E-state index contributed by atoms with van der Waals surface area (Å²) in [6.07, 6.45) is 0.761. The molecule has 1 amide bonds. The van der Waals surface area contributed by atoms with Crippen LogP contribution in [0.3, 0.4) is 0 Å². The first-order valence-corrected chi connectivity index (χ1v) is 6.21. The molecular weight excluding hydrogens is 246 g/mol. The van der Waals surface area contributed by atoms with E-state index in [2.05, 4.69) is 5.32 Å². The number of nitrogens with one attached hydrogen (secondary N) is 1. The monoisotopic (exact) mass is 267 g/mol. The molecule has 0 aromatic heterocycles. The van der Waals surface area contributed by atoms with Gasteiger partial charge in [0.05, 0.1) is 19.8 Å². The Morgan fingerprint density at radius 1 is 1.11 bits per heavy atom. The molecule has 0 saturated heterocycles. The SMILES string of the molecule is COCCOCC(=O)Nc1ccccc1CCOC. The molecule has 0 aliphatic carbocycles. The minimum Gasteiger partial charge on any atom is -0.384 e. The van der Waals surface area contributed by atoms with Crippen molar-refractivity contribution in [3.63, 3.8) is 0 Å². The van der Waals surface area contributed by atoms with Gasteiger partial charge in [-0.15, -0.1) is 0 Å². The van der Waals surface area contributed by atoms with Crippen LogP contribution in [0.1, 0.15) is 5.56 Å². The third kappa shape index (κ3) is 6.33. The fourth-order valence-corrected chi connectivity index (χ4v) is 1.57. The number of methoxy groups -OCH3 is 2. The van der Waals surface area contributed by atoms with Gasteiger partial charge in [-0.05, 0) is 18.1 Å². The summed E-state index contributed by atoms with van der Waals surface area (Å²) in [4.78, 5) is 11.7. The maximum Gasteiger partial charge on any atom is 0.250 e. The molecule has 0 bridgehead atoms. The van der Waals surface area contributed by atoms with Crippen molar-refractivity contribution in [3.8, 4) is 0 Å². The first kappa shape index (κ1) is 15.6. The molecule has 0 atom stereocenters. The van der Waals surface area contributed by atoms with Crippen molar-refractivity contribution in [1.82, 2.24) is 0 Å². The zero-order chi connectivity index (χ0) is 13.9. The standard InChI is InChI=1S/C14H21NO4/c1-17-8-7-12-5-3-4-6-13(12)15-14(16)11-19-10-9-18-2/h3-6H,7-11H2,1-2H3,(H,15,16). The van der Waals surface area contributed by atoms with Gasteiger partial charge in [-0.1, -0.05) is 18.2 Å². The number of carbonyl (C=O) groups excluding carboxylic acids is 1. The molecule has 0 unspecified atom stereocenters. The van der Waals surface area contributed by atoms with E-state index in [0.717, 1.165) is 17.7 Å². The minimum atomic E-state index is -0.166. The Bertz CT molecular complexity index is 381. The summed E-state index contributed by atoms with van der Waals surface area (Å²) in [5, 5.41) is 2.84. The molecule has 5 nitrogen and oxygen atoms in total. The Labute approximate surface area is 113 Å². The summed E-state index contributed by atoms with van der Waals surface area (Å²) >= 11 is 0. The van der Waals surface area contributed by atoms with Crippen molar-refractivity contribution < 1.29 is 19.0 Å². The maximum absolute atomic E-state index is 11.7. The topological polar surface area (TPSA) is 56.8 Å². The van der Waals surface area contributed by atoms with Crippen LogP contribution in [0.2, 0.25) is 0 Å². The van der Waals surface area contributed by atoms with Gasteiger partial charge in [0.15, 0.2) is 0 Å². The lowest BCUT2D eigenvalue weighted by atomic mass is 10.1. The summed E-state index contributed by atoms with van der Waals surface area (Å²) in [6, 6.07) is 7.67. The average molecular weight is 267 g/mol. The van der Waals surface area contributed by atoms with E-state index in [1.807, 2.05) is 24.3 Å². The van der Waals surface area contributed by atoms with Crippen LogP contribution in [0.25, 0.3) is 0 Å². The van der Waals surface area contributed by atoms with E-state index in [9.17, 15) is 4.79 Å². The fraction of sp³-hybridized carbons (Fsp3) is 0.500. The molecule has 0 radical (unpaired) electrons. The van der Waals surface area contributed by atoms with Crippen LogP contribution < -0.4 is 5.32 Å². The molecule has 0 fully saturated rings. The number of ether oxygens (including phenoxy) is 3. The van der Waals surface area contributed by atoms with E-state index < -0.39 is 0 Å². The van der Waals surface area contributed by atoms with E-state index in [4.69, 9.17) is 14.2 Å². The highest BCUT2D eigenvalue weighted by molar-refractivity contribution is 5.92. The second kappa shape index (κ2) is 9.49. The van der Waals surface area contributed by atoms with Gasteiger partial charge in [-0.3, -0.25) is 4.79 Å². The van der Waals surface area contributed by atoms with Gasteiger partial charge in [0.2, 0.25) is 5.91 Å². The molecule has 0 aliphatic heterocycles. The van der Waals surface area contributed by atoms with Crippen LogP contribution in [-0.4, -0.2) is 46.6 Å². The van der Waals surface area contributed by atoms with Crippen LogP contribution in [-0.2, 0) is 25.4 Å². The minimum absolute atomic E-state index is 0.0297. The smallest absolute Gasteiger partial charge is 0.250 e. The number of hydrogen-bond acceptors (Lipinski definition) is 4. The third-order valence-electron chi connectivity index (χ3n) is 2.53. The Hall–Kier alpha value is -1.43. The lowest BCUT2D eigenvalue weighted by molar-refractivity contribution is -0.121. The van der Waals surface area contributed by atoms with Crippen molar-refractivity contribution in [2.24, 2.45) is 0 Å². The lowest BCUT2D eigenvalue weighted by Gasteiger charge is -2.11. The number of amides is 1. The zero-order valence-corrected chi connectivity index (χ0v) is 11.5. The fourth-order valence-electron chi connectivity index (χ4n) is 1.57. The molecule has 0 saturated carbocycles. The number of carbonyl (C=O) groups is 1. The van der Waals surface area contributed by atoms with E-state index in [0.29, 0.717) is 19.8 Å². The van der Waals surface area contributed by atoms with E-state index >= 15 is 0 Å². The first-order chi connectivity index (χ1) is 9.27. The second-order valence-electron chi connectivity index (χ2n) is 3.99. The van der Waals surface area contributed by atoms with Crippen LogP contribution >= 0.6 is 0 Å². The maximum atomic E-state index is 11.7. The molecule has 0 heterocycles. The van der Waals surface area contributed by atoms with Crippen LogP contribution in [0.15, 0.2) is 24.3 Å². The van der Waals surface area contributed by atoms with Crippen molar-refractivity contribution in [2.45, 2.75) is 6.42 Å². The number of hydrogen-bond donors (Lipinski definition) is 1. The van der Waals surface area contributed by atoms with Crippen molar-refractivity contribution in [3.05, 3.63) is 29.8 Å². The summed E-state index contributed by atoms with van der Waals surface area (Å²) in [7, 11) is 3.25. The zero-order valence-electron chi connectivity index (χ0n) is 11.5. The van der Waals surface area contributed by atoms with Crippen LogP contribution in [0, 0.1) is 0 Å². The predicted octanol–water partition coefficient (Wildman–Crippen LogP) is 1.48. The highest BCUT2D eigenvalue weighted by atomic mass is 16.5. The molecular formula is C14H21NO4. The molecule has 1 aromatic rings. The molecule has 1 N–H and O–H groups in total. The van der Waals surface area contributed by atoms with Gasteiger partial charge in [0.1, 0.15) is 6.61 Å². The first-order valence-electron chi connectivity index (χ1n) is 6.21. The quantitative estimate of drug-likeness (QED) is 0.688.